The van der Waals surface area contributed by atoms with Crippen molar-refractivity contribution >= 4 is 35.1 Å². The zero-order valence-corrected chi connectivity index (χ0v) is 36.8. The van der Waals surface area contributed by atoms with Gasteiger partial charge in [0.15, 0.2) is 0 Å². The lowest BCUT2D eigenvalue weighted by Gasteiger charge is -2.44. The largest absolute Gasteiger partial charge is 0.465 e. The Balaban J connectivity index is 0.916. The molecule has 2 aromatic heterocycles. The van der Waals surface area contributed by atoms with Crippen molar-refractivity contribution in [1.29, 1.82) is 0 Å². The predicted octanol–water partition coefficient (Wildman–Crippen LogP) is 4.95. The second-order valence-corrected chi connectivity index (χ2v) is 15.6. The first-order valence-corrected chi connectivity index (χ1v) is 21.1. The van der Waals surface area contributed by atoms with Crippen LogP contribution in [-0.4, -0.2) is 120 Å². The number of hydrogen-bond acceptors (Lipinski definition) is 14. The summed E-state index contributed by atoms with van der Waals surface area (Å²) in [6.45, 7) is 14.1. The molecule has 0 N–H and O–H groups in total. The van der Waals surface area contributed by atoms with Gasteiger partial charge in [0, 0.05) is 60.3 Å². The lowest BCUT2D eigenvalue weighted by Crippen LogP contribution is -2.49. The average molecular weight is 859 g/mol. The van der Waals surface area contributed by atoms with Crippen LogP contribution in [0.4, 0.5) is 11.4 Å². The van der Waals surface area contributed by atoms with E-state index in [1.165, 1.54) is 14.2 Å². The number of ether oxygens (including phenoxy) is 6. The number of nitrogens with zero attached hydrogens (tertiary/aromatic N) is 8. The Bertz CT molecular complexity index is 2040. The fourth-order valence-electron chi connectivity index (χ4n) is 8.95. The number of esters is 2. The molecule has 4 aromatic rings. The van der Waals surface area contributed by atoms with Crippen LogP contribution in [0.5, 0.6) is 0 Å². The molecule has 6 atom stereocenters. The molecule has 2 aliphatic heterocycles. The fraction of sp³-hybridized carbons (Fsp3) is 0.545. The predicted molar refractivity (Wildman–Crippen MR) is 226 cm³/mol. The first-order valence-electron chi connectivity index (χ1n) is 21.1. The SMILES string of the molecule is CCC1[C@@H](C)C(n2cc(COCCOCCOCCOCc3cn([C@@H]4c5cc(C(=O)OC)ccc5N(C(C)=O)[C@@H](CC)[C@H]4C)nn3)nn2)c2cc(C(=O)OC)ccc2N1C(C)=O. The van der Waals surface area contributed by atoms with E-state index in [1.807, 2.05) is 22.2 Å². The first-order chi connectivity index (χ1) is 29.9. The monoisotopic (exact) mass is 858 g/mol. The van der Waals surface area contributed by atoms with Gasteiger partial charge in [0.25, 0.3) is 0 Å². The summed E-state index contributed by atoms with van der Waals surface area (Å²) in [5, 5.41) is 17.6. The molecular weight excluding hydrogens is 801 g/mol. The van der Waals surface area contributed by atoms with E-state index in [2.05, 4.69) is 48.3 Å². The van der Waals surface area contributed by atoms with Crippen molar-refractivity contribution in [1.82, 2.24) is 30.0 Å². The summed E-state index contributed by atoms with van der Waals surface area (Å²) < 4.78 is 36.5. The Morgan fingerprint density at radius 1 is 0.581 bits per heavy atom. The summed E-state index contributed by atoms with van der Waals surface area (Å²) in [6.07, 6.45) is 5.18. The molecule has 2 aromatic carbocycles. The van der Waals surface area contributed by atoms with Gasteiger partial charge in [0.05, 0.1) is 103 Å². The molecule has 0 radical (unpaired) electrons. The summed E-state index contributed by atoms with van der Waals surface area (Å²) in [6, 6.07) is 9.85. The molecule has 0 aliphatic carbocycles. The normalized spacial score (nSPS) is 20.7. The van der Waals surface area contributed by atoms with Crippen molar-refractivity contribution in [2.24, 2.45) is 11.8 Å². The van der Waals surface area contributed by atoms with E-state index in [0.717, 1.165) is 35.3 Å². The van der Waals surface area contributed by atoms with Gasteiger partial charge in [-0.05, 0) is 49.2 Å². The van der Waals surface area contributed by atoms with Crippen molar-refractivity contribution in [3.63, 3.8) is 0 Å². The van der Waals surface area contributed by atoms with Gasteiger partial charge in [0.1, 0.15) is 11.4 Å². The van der Waals surface area contributed by atoms with Gasteiger partial charge in [-0.1, -0.05) is 38.1 Å². The average Bonchev–Trinajstić information content (AvgIpc) is 3.94. The molecule has 6 rings (SSSR count). The molecule has 334 valence electrons. The van der Waals surface area contributed by atoms with E-state index in [9.17, 15) is 19.2 Å². The van der Waals surface area contributed by atoms with Gasteiger partial charge >= 0.3 is 11.9 Å². The van der Waals surface area contributed by atoms with Crippen LogP contribution in [0, 0.1) is 11.8 Å². The number of amides is 2. The number of benzene rings is 2. The third-order valence-corrected chi connectivity index (χ3v) is 11.7. The van der Waals surface area contributed by atoms with Crippen LogP contribution in [0.1, 0.15) is 110 Å². The van der Waals surface area contributed by atoms with E-state index >= 15 is 0 Å². The molecule has 0 spiro atoms. The zero-order chi connectivity index (χ0) is 44.5. The zero-order valence-electron chi connectivity index (χ0n) is 36.8. The van der Waals surface area contributed by atoms with Gasteiger partial charge in [-0.2, -0.15) is 0 Å². The molecule has 0 saturated carbocycles. The molecular formula is C44H58N8O10. The number of rotatable bonds is 19. The highest BCUT2D eigenvalue weighted by Crippen LogP contribution is 2.45. The molecule has 0 saturated heterocycles. The van der Waals surface area contributed by atoms with Gasteiger partial charge in [-0.25, -0.2) is 19.0 Å². The van der Waals surface area contributed by atoms with Crippen molar-refractivity contribution in [3.05, 3.63) is 82.4 Å². The van der Waals surface area contributed by atoms with E-state index < -0.39 is 11.9 Å². The van der Waals surface area contributed by atoms with Crippen molar-refractivity contribution in [2.45, 2.75) is 91.8 Å². The standard InChI is InChI=1S/C44H58N8O10/c1-9-37-27(3)41(35-21-31(43(55)57-7)11-13-39(35)51(37)29(5)53)49-23-33(45-47-49)25-61-19-17-59-15-16-60-18-20-62-26-34-24-50(48-46-34)42-28(4)38(10-2)52(30(6)54)40-14-12-32(22-36(40)42)44(56)58-8/h11-14,21-24,27-28,37-38,41-42H,9-10,15-20,25-26H2,1-8H3/t27-,28-,37+,38?,41+,42?/m1/s1. The Labute approximate surface area is 361 Å². The minimum atomic E-state index is -0.455. The Hall–Kier alpha value is -5.56. The number of aromatic nitrogens is 6. The summed E-state index contributed by atoms with van der Waals surface area (Å²) in [4.78, 5) is 54.1. The van der Waals surface area contributed by atoms with Gasteiger partial charge in [-0.15, -0.1) is 10.2 Å². The lowest BCUT2D eigenvalue weighted by atomic mass is 9.80. The van der Waals surface area contributed by atoms with Crippen LogP contribution in [-0.2, 0) is 51.2 Å². The van der Waals surface area contributed by atoms with Crippen LogP contribution in [0.3, 0.4) is 0 Å². The summed E-state index contributed by atoms with van der Waals surface area (Å²) in [5.41, 5.74) is 5.17. The highest BCUT2D eigenvalue weighted by molar-refractivity contribution is 5.97. The molecule has 2 aliphatic rings. The third kappa shape index (κ3) is 9.88. The quantitative estimate of drug-likeness (QED) is 0.0909. The number of hydrogen-bond donors (Lipinski definition) is 0. The second kappa shape index (κ2) is 21.0. The molecule has 18 nitrogen and oxygen atoms in total. The molecule has 4 heterocycles. The smallest absolute Gasteiger partial charge is 0.337 e. The van der Waals surface area contributed by atoms with Crippen LogP contribution in [0.2, 0.25) is 0 Å². The molecule has 62 heavy (non-hydrogen) atoms. The van der Waals surface area contributed by atoms with E-state index in [1.54, 1.807) is 59.6 Å². The van der Waals surface area contributed by atoms with Crippen molar-refractivity contribution in [3.8, 4) is 0 Å². The van der Waals surface area contributed by atoms with E-state index in [-0.39, 0.29) is 61.0 Å². The molecule has 2 unspecified atom stereocenters. The number of methoxy groups -OCH3 is 2. The Morgan fingerprint density at radius 3 is 1.29 bits per heavy atom. The van der Waals surface area contributed by atoms with Gasteiger partial charge in [-0.3, -0.25) is 9.59 Å². The minimum absolute atomic E-state index is 0.0258. The highest BCUT2D eigenvalue weighted by Gasteiger charge is 2.43. The van der Waals surface area contributed by atoms with Crippen molar-refractivity contribution < 1.29 is 47.6 Å². The van der Waals surface area contributed by atoms with Gasteiger partial charge in [0.2, 0.25) is 11.8 Å². The number of carbonyl (C=O) groups is 4. The second-order valence-electron chi connectivity index (χ2n) is 15.6. The maximum Gasteiger partial charge on any atom is 0.337 e. The maximum absolute atomic E-state index is 12.8. The summed E-state index contributed by atoms with van der Waals surface area (Å²) in [7, 11) is 2.68. The first kappa shape index (κ1) is 46.0. The molecule has 0 bridgehead atoms. The van der Waals surface area contributed by atoms with Crippen molar-refractivity contribution in [2.75, 3.05) is 63.7 Å². The van der Waals surface area contributed by atoms with Crippen LogP contribution >= 0.6 is 0 Å². The topological polar surface area (TPSA) is 192 Å². The molecule has 2 amide bonds. The summed E-state index contributed by atoms with van der Waals surface area (Å²) in [5.74, 6) is -1.09. The van der Waals surface area contributed by atoms with Crippen LogP contribution < -0.4 is 9.80 Å². The van der Waals surface area contributed by atoms with E-state index in [4.69, 9.17) is 28.4 Å². The minimum Gasteiger partial charge on any atom is -0.465 e. The van der Waals surface area contributed by atoms with Crippen LogP contribution in [0.25, 0.3) is 0 Å². The Morgan fingerprint density at radius 2 is 0.952 bits per heavy atom. The lowest BCUT2D eigenvalue weighted by molar-refractivity contribution is -0.118. The number of anilines is 2. The summed E-state index contributed by atoms with van der Waals surface area (Å²) >= 11 is 0. The third-order valence-electron chi connectivity index (χ3n) is 11.7. The fourth-order valence-corrected chi connectivity index (χ4v) is 8.95. The number of fused-ring (bicyclic) bond motifs is 2. The Kier molecular flexibility index (Phi) is 15.6. The van der Waals surface area contributed by atoms with Gasteiger partial charge < -0.3 is 38.2 Å². The highest BCUT2D eigenvalue weighted by atomic mass is 16.6. The molecule has 18 heteroatoms. The van der Waals surface area contributed by atoms with Crippen LogP contribution in [0.15, 0.2) is 48.8 Å². The molecule has 0 fully saturated rings. The maximum atomic E-state index is 12.8. The number of carbonyl (C=O) groups excluding carboxylic acids is 4. The van der Waals surface area contributed by atoms with E-state index in [0.29, 0.717) is 62.2 Å².